The Kier molecular flexibility index (Phi) is 7.08. The minimum atomic E-state index is -0.608. The Bertz CT molecular complexity index is 896. The summed E-state index contributed by atoms with van der Waals surface area (Å²) in [6.07, 6.45) is 0. The van der Waals surface area contributed by atoms with Crippen LogP contribution in [0.4, 0.5) is 5.69 Å². The van der Waals surface area contributed by atoms with Crippen molar-refractivity contribution in [1.82, 2.24) is 0 Å². The predicted octanol–water partition coefficient (Wildman–Crippen LogP) is 3.70. The molecule has 0 fully saturated rings. The highest BCUT2D eigenvalue weighted by Crippen LogP contribution is 2.15. The Balaban J connectivity index is 2.17. The molecule has 0 unspecified atom stereocenters. The number of esters is 1. The van der Waals surface area contributed by atoms with Crippen molar-refractivity contribution in [3.05, 3.63) is 76.6 Å². The zero-order valence-corrected chi connectivity index (χ0v) is 15.3. The van der Waals surface area contributed by atoms with Crippen LogP contribution in [0.25, 0.3) is 4.85 Å². The van der Waals surface area contributed by atoms with Crippen molar-refractivity contribution in [1.29, 1.82) is 0 Å². The summed E-state index contributed by atoms with van der Waals surface area (Å²) in [6, 6.07) is 14.2. The summed E-state index contributed by atoms with van der Waals surface area (Å²) in [5.41, 5.74) is 3.39. The number of hydrogen-bond donors (Lipinski definition) is 0. The van der Waals surface area contributed by atoms with E-state index in [1.807, 2.05) is 25.1 Å². The molecular formula is C20H19N3O4. The van der Waals surface area contributed by atoms with Crippen LogP contribution in [0.5, 0.6) is 0 Å². The maximum absolute atomic E-state index is 12.0. The summed E-state index contributed by atoms with van der Waals surface area (Å²) < 4.78 is 4.75. The van der Waals surface area contributed by atoms with E-state index >= 15 is 0 Å². The van der Waals surface area contributed by atoms with E-state index in [1.165, 1.54) is 14.2 Å². The molecule has 0 bridgehead atoms. The smallest absolute Gasteiger partial charge is 0.360 e. The van der Waals surface area contributed by atoms with E-state index in [9.17, 15) is 4.79 Å². The Morgan fingerprint density at radius 2 is 1.78 bits per heavy atom. The van der Waals surface area contributed by atoms with Crippen molar-refractivity contribution in [2.24, 2.45) is 10.3 Å². The highest BCUT2D eigenvalue weighted by atomic mass is 16.6. The van der Waals surface area contributed by atoms with Crippen LogP contribution in [-0.2, 0) is 25.8 Å². The third kappa shape index (κ3) is 5.16. The molecule has 0 heterocycles. The zero-order chi connectivity index (χ0) is 19.6. The van der Waals surface area contributed by atoms with E-state index in [4.69, 9.17) is 21.0 Å². The number of benzene rings is 2. The van der Waals surface area contributed by atoms with Crippen molar-refractivity contribution in [3.8, 4) is 0 Å². The fraction of sp³-hybridized carbons (Fsp3) is 0.200. The van der Waals surface area contributed by atoms with E-state index in [-0.39, 0.29) is 12.3 Å². The lowest BCUT2D eigenvalue weighted by molar-refractivity contribution is -0.132. The molecule has 7 heteroatoms. The third-order valence-corrected chi connectivity index (χ3v) is 3.67. The van der Waals surface area contributed by atoms with E-state index in [2.05, 4.69) is 15.2 Å². The number of rotatable bonds is 7. The second kappa shape index (κ2) is 9.73. The summed E-state index contributed by atoms with van der Waals surface area (Å²) in [7, 11) is 2.63. The maximum atomic E-state index is 12.0. The molecule has 0 aliphatic carbocycles. The lowest BCUT2D eigenvalue weighted by Crippen LogP contribution is -2.19. The van der Waals surface area contributed by atoms with E-state index in [1.54, 1.807) is 30.3 Å². The Hall–Kier alpha value is -3.66. The van der Waals surface area contributed by atoms with Gasteiger partial charge in [0.2, 0.25) is 0 Å². The van der Waals surface area contributed by atoms with Crippen LogP contribution in [-0.4, -0.2) is 31.6 Å². The molecule has 0 aliphatic heterocycles. The molecule has 2 rings (SSSR count). The maximum Gasteiger partial charge on any atom is 0.360 e. The number of carbonyl (C=O) groups excluding carboxylic acids is 1. The van der Waals surface area contributed by atoms with E-state index < -0.39 is 5.97 Å². The number of hydrogen-bond acceptors (Lipinski definition) is 6. The number of methoxy groups -OCH3 is 1. The standard InChI is InChI=1S/C20H19N3O4/c1-14(15-9-11-17(21-2)12-10-15)22-27-13-16-7-5-6-8-18(16)19(23-26-4)20(24)25-3/h5-12H,13H2,1,3-4H3/b22-14+,23-19+. The van der Waals surface area contributed by atoms with E-state index in [0.29, 0.717) is 22.5 Å². The Morgan fingerprint density at radius 1 is 1.07 bits per heavy atom. The second-order valence-electron chi connectivity index (χ2n) is 5.38. The van der Waals surface area contributed by atoms with Crippen molar-refractivity contribution in [2.45, 2.75) is 13.5 Å². The SMILES string of the molecule is [C-]#[N+]c1ccc(/C(C)=N/OCc2ccccc2/C(=N\OC)C(=O)OC)cc1. The number of oxime groups is 2. The van der Waals surface area contributed by atoms with Crippen LogP contribution in [0.1, 0.15) is 23.6 Å². The van der Waals surface area contributed by atoms with Crippen LogP contribution in [0, 0.1) is 6.57 Å². The first-order chi connectivity index (χ1) is 13.1. The monoisotopic (exact) mass is 365 g/mol. The Labute approximate surface area is 157 Å². The lowest BCUT2D eigenvalue weighted by Gasteiger charge is -2.10. The molecule has 0 radical (unpaired) electrons. The summed E-state index contributed by atoms with van der Waals surface area (Å²) in [4.78, 5) is 25.5. The van der Waals surface area contributed by atoms with Crippen LogP contribution >= 0.6 is 0 Å². The molecule has 0 spiro atoms. The zero-order valence-electron chi connectivity index (χ0n) is 15.3. The van der Waals surface area contributed by atoms with Crippen LogP contribution in [0.2, 0.25) is 0 Å². The van der Waals surface area contributed by atoms with Gasteiger partial charge in [-0.3, -0.25) is 0 Å². The average molecular weight is 365 g/mol. The summed E-state index contributed by atoms with van der Waals surface area (Å²) in [5.74, 6) is -0.608. The van der Waals surface area contributed by atoms with Gasteiger partial charge >= 0.3 is 5.97 Å². The fourth-order valence-corrected chi connectivity index (χ4v) is 2.29. The van der Waals surface area contributed by atoms with Gasteiger partial charge in [-0.15, -0.1) is 0 Å². The van der Waals surface area contributed by atoms with Gasteiger partial charge in [0.25, 0.3) is 0 Å². The third-order valence-electron chi connectivity index (χ3n) is 3.67. The van der Waals surface area contributed by atoms with Gasteiger partial charge in [-0.1, -0.05) is 58.8 Å². The molecule has 138 valence electrons. The molecule has 2 aromatic carbocycles. The van der Waals surface area contributed by atoms with Crippen molar-refractivity contribution < 1.29 is 19.2 Å². The van der Waals surface area contributed by atoms with Crippen molar-refractivity contribution in [3.63, 3.8) is 0 Å². The molecule has 0 N–H and O–H groups in total. The van der Waals surface area contributed by atoms with Crippen LogP contribution < -0.4 is 0 Å². The molecule has 0 aliphatic rings. The highest BCUT2D eigenvalue weighted by molar-refractivity contribution is 6.43. The summed E-state index contributed by atoms with van der Waals surface area (Å²) in [6.45, 7) is 8.92. The second-order valence-corrected chi connectivity index (χ2v) is 5.38. The van der Waals surface area contributed by atoms with Gasteiger partial charge in [-0.05, 0) is 12.5 Å². The van der Waals surface area contributed by atoms with Gasteiger partial charge in [-0.25, -0.2) is 9.64 Å². The Morgan fingerprint density at radius 3 is 2.41 bits per heavy atom. The average Bonchev–Trinajstić information content (AvgIpc) is 2.72. The van der Waals surface area contributed by atoms with Gasteiger partial charge in [-0.2, -0.15) is 0 Å². The van der Waals surface area contributed by atoms with Crippen molar-refractivity contribution in [2.75, 3.05) is 14.2 Å². The molecule has 0 amide bonds. The lowest BCUT2D eigenvalue weighted by atomic mass is 10.0. The summed E-state index contributed by atoms with van der Waals surface area (Å²) in [5, 5.41) is 7.87. The normalized spacial score (nSPS) is 11.5. The molecule has 0 saturated heterocycles. The van der Waals surface area contributed by atoms with Crippen LogP contribution in [0.3, 0.4) is 0 Å². The molecule has 2 aromatic rings. The van der Waals surface area contributed by atoms with Crippen molar-refractivity contribution >= 4 is 23.1 Å². The molecular weight excluding hydrogens is 346 g/mol. The first-order valence-corrected chi connectivity index (χ1v) is 8.03. The predicted molar refractivity (Wildman–Crippen MR) is 102 cm³/mol. The van der Waals surface area contributed by atoms with Gasteiger partial charge in [0.1, 0.15) is 13.7 Å². The fourth-order valence-electron chi connectivity index (χ4n) is 2.29. The van der Waals surface area contributed by atoms with Gasteiger partial charge in [0, 0.05) is 11.1 Å². The quantitative estimate of drug-likeness (QED) is 0.325. The molecule has 27 heavy (non-hydrogen) atoms. The molecule has 0 atom stereocenters. The van der Waals surface area contributed by atoms with Gasteiger partial charge in [0.05, 0.1) is 19.4 Å². The number of nitrogens with zero attached hydrogens (tertiary/aromatic N) is 3. The topological polar surface area (TPSA) is 73.8 Å². The van der Waals surface area contributed by atoms with Gasteiger partial charge in [0.15, 0.2) is 11.4 Å². The minimum absolute atomic E-state index is 0.0506. The molecule has 0 aromatic heterocycles. The first kappa shape index (κ1) is 19.7. The number of carbonyl (C=O) groups is 1. The largest absolute Gasteiger partial charge is 0.464 e. The molecule has 0 saturated carbocycles. The molecule has 7 nitrogen and oxygen atoms in total. The first-order valence-electron chi connectivity index (χ1n) is 8.03. The van der Waals surface area contributed by atoms with Crippen LogP contribution in [0.15, 0.2) is 58.8 Å². The van der Waals surface area contributed by atoms with E-state index in [0.717, 1.165) is 5.56 Å². The van der Waals surface area contributed by atoms with Gasteiger partial charge < -0.3 is 14.4 Å². The highest BCUT2D eigenvalue weighted by Gasteiger charge is 2.19. The summed E-state index contributed by atoms with van der Waals surface area (Å²) >= 11 is 0. The minimum Gasteiger partial charge on any atom is -0.464 e. The number of ether oxygens (including phenoxy) is 1.